The lowest BCUT2D eigenvalue weighted by molar-refractivity contribution is -0.119. The van der Waals surface area contributed by atoms with E-state index in [2.05, 4.69) is 10.3 Å². The molecule has 0 saturated carbocycles. The standard InChI is InChI=1S/C11H18N4O/c1-8(7-12)11(16)14-9-5-4-6-13-10(9)15(2)3/h4-6,8H,7,12H2,1-3H3,(H,14,16). The normalized spacial score (nSPS) is 12.0. The maximum Gasteiger partial charge on any atom is 0.228 e. The van der Waals surface area contributed by atoms with Crippen molar-refractivity contribution in [2.24, 2.45) is 11.7 Å². The Balaban J connectivity index is 2.84. The van der Waals surface area contributed by atoms with Crippen molar-refractivity contribution in [3.63, 3.8) is 0 Å². The fourth-order valence-electron chi connectivity index (χ4n) is 1.21. The topological polar surface area (TPSA) is 71.2 Å². The number of nitrogens with zero attached hydrogens (tertiary/aromatic N) is 2. The van der Waals surface area contributed by atoms with Crippen molar-refractivity contribution >= 4 is 17.4 Å². The van der Waals surface area contributed by atoms with Crippen molar-refractivity contribution in [3.8, 4) is 0 Å². The second kappa shape index (κ2) is 5.46. The maximum absolute atomic E-state index is 11.7. The molecule has 1 unspecified atom stereocenters. The molecule has 0 aromatic carbocycles. The van der Waals surface area contributed by atoms with E-state index < -0.39 is 0 Å². The number of carbonyl (C=O) groups excluding carboxylic acids is 1. The van der Waals surface area contributed by atoms with E-state index in [-0.39, 0.29) is 11.8 Å². The summed E-state index contributed by atoms with van der Waals surface area (Å²) >= 11 is 0. The molecule has 5 heteroatoms. The second-order valence-corrected chi connectivity index (χ2v) is 3.89. The molecule has 5 nitrogen and oxygen atoms in total. The fourth-order valence-corrected chi connectivity index (χ4v) is 1.21. The maximum atomic E-state index is 11.7. The van der Waals surface area contributed by atoms with Crippen molar-refractivity contribution in [1.29, 1.82) is 0 Å². The monoisotopic (exact) mass is 222 g/mol. The average Bonchev–Trinajstić information content (AvgIpc) is 2.28. The van der Waals surface area contributed by atoms with Gasteiger partial charge < -0.3 is 16.0 Å². The Kier molecular flexibility index (Phi) is 4.25. The molecule has 0 fully saturated rings. The van der Waals surface area contributed by atoms with Crippen LogP contribution in [0.25, 0.3) is 0 Å². The van der Waals surface area contributed by atoms with Crippen LogP contribution in [-0.4, -0.2) is 31.5 Å². The summed E-state index contributed by atoms with van der Waals surface area (Å²) < 4.78 is 0. The van der Waals surface area contributed by atoms with Crippen LogP contribution in [0, 0.1) is 5.92 Å². The zero-order chi connectivity index (χ0) is 12.1. The number of nitrogens with one attached hydrogen (secondary N) is 1. The predicted molar refractivity (Wildman–Crippen MR) is 65.4 cm³/mol. The van der Waals surface area contributed by atoms with Gasteiger partial charge in [-0.15, -0.1) is 0 Å². The highest BCUT2D eigenvalue weighted by atomic mass is 16.1. The summed E-state index contributed by atoms with van der Waals surface area (Å²) in [5.74, 6) is 0.453. The molecular weight excluding hydrogens is 204 g/mol. The molecule has 0 aliphatic heterocycles. The van der Waals surface area contributed by atoms with Crippen LogP contribution in [0.3, 0.4) is 0 Å². The number of aromatic nitrogens is 1. The van der Waals surface area contributed by atoms with Gasteiger partial charge in [-0.25, -0.2) is 4.98 Å². The van der Waals surface area contributed by atoms with Gasteiger partial charge in [-0.1, -0.05) is 6.92 Å². The van der Waals surface area contributed by atoms with Gasteiger partial charge in [0, 0.05) is 32.8 Å². The molecule has 16 heavy (non-hydrogen) atoms. The molecule has 3 N–H and O–H groups in total. The molecule has 0 aliphatic rings. The molecule has 0 bridgehead atoms. The highest BCUT2D eigenvalue weighted by molar-refractivity contribution is 5.95. The van der Waals surface area contributed by atoms with E-state index in [1.807, 2.05) is 25.1 Å². The summed E-state index contributed by atoms with van der Waals surface area (Å²) in [6.07, 6.45) is 1.69. The third-order valence-corrected chi connectivity index (χ3v) is 2.27. The Hall–Kier alpha value is -1.62. The number of anilines is 2. The van der Waals surface area contributed by atoms with Crippen LogP contribution < -0.4 is 16.0 Å². The van der Waals surface area contributed by atoms with Crippen molar-refractivity contribution in [3.05, 3.63) is 18.3 Å². The van der Waals surface area contributed by atoms with Crippen molar-refractivity contribution in [2.45, 2.75) is 6.92 Å². The number of carbonyl (C=O) groups is 1. The minimum atomic E-state index is -0.199. The van der Waals surface area contributed by atoms with Gasteiger partial charge in [-0.05, 0) is 12.1 Å². The minimum absolute atomic E-state index is 0.0846. The van der Waals surface area contributed by atoms with Crippen molar-refractivity contribution < 1.29 is 4.79 Å². The molecular formula is C11H18N4O. The summed E-state index contributed by atoms with van der Waals surface area (Å²) in [6.45, 7) is 2.13. The Bertz CT molecular complexity index is 365. The number of rotatable bonds is 4. The Morgan fingerprint density at radius 1 is 1.62 bits per heavy atom. The van der Waals surface area contributed by atoms with Crippen LogP contribution in [0.4, 0.5) is 11.5 Å². The van der Waals surface area contributed by atoms with Crippen molar-refractivity contribution in [1.82, 2.24) is 4.98 Å². The molecule has 1 aromatic heterocycles. The average molecular weight is 222 g/mol. The molecule has 0 radical (unpaired) electrons. The first-order valence-electron chi connectivity index (χ1n) is 5.19. The Labute approximate surface area is 95.7 Å². The van der Waals surface area contributed by atoms with Crippen molar-refractivity contribution in [2.75, 3.05) is 30.9 Å². The van der Waals surface area contributed by atoms with Gasteiger partial charge in [-0.2, -0.15) is 0 Å². The molecule has 1 aromatic rings. The van der Waals surface area contributed by atoms with Gasteiger partial charge in [0.05, 0.1) is 5.69 Å². The van der Waals surface area contributed by atoms with Gasteiger partial charge in [0.2, 0.25) is 5.91 Å². The molecule has 1 heterocycles. The van der Waals surface area contributed by atoms with Gasteiger partial charge >= 0.3 is 0 Å². The second-order valence-electron chi connectivity index (χ2n) is 3.89. The third kappa shape index (κ3) is 2.93. The van der Waals surface area contributed by atoms with E-state index in [0.717, 1.165) is 5.82 Å². The lowest BCUT2D eigenvalue weighted by Gasteiger charge is -2.17. The smallest absolute Gasteiger partial charge is 0.228 e. The summed E-state index contributed by atoms with van der Waals surface area (Å²) in [5.41, 5.74) is 6.14. The Morgan fingerprint density at radius 3 is 2.88 bits per heavy atom. The quantitative estimate of drug-likeness (QED) is 0.786. The minimum Gasteiger partial charge on any atom is -0.361 e. The molecule has 0 saturated heterocycles. The van der Waals surface area contributed by atoms with E-state index in [9.17, 15) is 4.79 Å². The first kappa shape index (κ1) is 12.4. The van der Waals surface area contributed by atoms with Crippen LogP contribution in [0.1, 0.15) is 6.92 Å². The number of hydrogen-bond donors (Lipinski definition) is 2. The highest BCUT2D eigenvalue weighted by Gasteiger charge is 2.13. The first-order valence-corrected chi connectivity index (χ1v) is 5.19. The van der Waals surface area contributed by atoms with E-state index in [1.54, 1.807) is 19.2 Å². The molecule has 0 aliphatic carbocycles. The van der Waals surface area contributed by atoms with Gasteiger partial charge in [0.25, 0.3) is 0 Å². The summed E-state index contributed by atoms with van der Waals surface area (Å²) in [4.78, 5) is 17.7. The number of pyridine rings is 1. The zero-order valence-electron chi connectivity index (χ0n) is 9.90. The van der Waals surface area contributed by atoms with Crippen LogP contribution in [0.2, 0.25) is 0 Å². The molecule has 1 rings (SSSR count). The molecule has 1 atom stereocenters. The zero-order valence-corrected chi connectivity index (χ0v) is 9.90. The van der Waals surface area contributed by atoms with E-state index >= 15 is 0 Å². The number of amides is 1. The van der Waals surface area contributed by atoms with Gasteiger partial charge in [-0.3, -0.25) is 4.79 Å². The van der Waals surface area contributed by atoms with Gasteiger partial charge in [0.15, 0.2) is 5.82 Å². The van der Waals surface area contributed by atoms with Crippen LogP contribution in [0.15, 0.2) is 18.3 Å². The van der Waals surface area contributed by atoms with E-state index in [0.29, 0.717) is 12.2 Å². The summed E-state index contributed by atoms with van der Waals surface area (Å²) in [6, 6.07) is 3.61. The fraction of sp³-hybridized carbons (Fsp3) is 0.455. The lowest BCUT2D eigenvalue weighted by Crippen LogP contribution is -2.27. The third-order valence-electron chi connectivity index (χ3n) is 2.27. The van der Waals surface area contributed by atoms with Crippen LogP contribution in [0.5, 0.6) is 0 Å². The van der Waals surface area contributed by atoms with Crippen LogP contribution >= 0.6 is 0 Å². The first-order chi connectivity index (χ1) is 7.56. The largest absolute Gasteiger partial charge is 0.361 e. The SMILES string of the molecule is CC(CN)C(=O)Nc1cccnc1N(C)C. The number of nitrogens with two attached hydrogens (primary N) is 1. The summed E-state index contributed by atoms with van der Waals surface area (Å²) in [7, 11) is 3.76. The van der Waals surface area contributed by atoms with E-state index in [4.69, 9.17) is 5.73 Å². The molecule has 1 amide bonds. The molecule has 88 valence electrons. The summed E-state index contributed by atoms with van der Waals surface area (Å²) in [5, 5.41) is 2.82. The molecule has 0 spiro atoms. The van der Waals surface area contributed by atoms with Crippen LogP contribution in [-0.2, 0) is 4.79 Å². The highest BCUT2D eigenvalue weighted by Crippen LogP contribution is 2.20. The van der Waals surface area contributed by atoms with Gasteiger partial charge in [0.1, 0.15) is 0 Å². The van der Waals surface area contributed by atoms with E-state index in [1.165, 1.54) is 0 Å². The number of hydrogen-bond acceptors (Lipinski definition) is 4. The lowest BCUT2D eigenvalue weighted by atomic mass is 10.1. The predicted octanol–water partition coefficient (Wildman–Crippen LogP) is 0.681. The Morgan fingerprint density at radius 2 is 2.31 bits per heavy atom.